The molecule has 18 heavy (non-hydrogen) atoms. The van der Waals surface area contributed by atoms with Crippen molar-refractivity contribution in [3.8, 4) is 0 Å². The van der Waals surface area contributed by atoms with E-state index in [9.17, 15) is 9.90 Å². The molecule has 0 unspecified atom stereocenters. The van der Waals surface area contributed by atoms with E-state index < -0.39 is 0 Å². The third kappa shape index (κ3) is 1.97. The quantitative estimate of drug-likeness (QED) is 0.801. The lowest BCUT2D eigenvalue weighted by atomic mass is 10.1. The van der Waals surface area contributed by atoms with Crippen LogP contribution >= 0.6 is 0 Å². The number of piperidine rings is 1. The predicted octanol–water partition coefficient (Wildman–Crippen LogP) is 0.656. The molecule has 5 nitrogen and oxygen atoms in total. The van der Waals surface area contributed by atoms with Gasteiger partial charge in [0, 0.05) is 25.4 Å². The molecular weight excluding hydrogens is 230 g/mol. The lowest BCUT2D eigenvalue weighted by Gasteiger charge is -2.30. The van der Waals surface area contributed by atoms with Gasteiger partial charge in [0.25, 0.3) is 5.56 Å². The zero-order valence-electron chi connectivity index (χ0n) is 9.99. The Bertz CT molecular complexity index is 623. The van der Waals surface area contributed by atoms with Crippen molar-refractivity contribution in [2.24, 2.45) is 0 Å². The molecule has 1 aliphatic heterocycles. The maximum Gasteiger partial charge on any atom is 0.259 e. The highest BCUT2D eigenvalue weighted by Gasteiger charge is 2.19. The summed E-state index contributed by atoms with van der Waals surface area (Å²) in [5.41, 5.74) is 0.552. The molecule has 0 radical (unpaired) electrons. The van der Waals surface area contributed by atoms with Gasteiger partial charge >= 0.3 is 0 Å². The van der Waals surface area contributed by atoms with Gasteiger partial charge in [-0.2, -0.15) is 0 Å². The van der Waals surface area contributed by atoms with Crippen molar-refractivity contribution in [1.29, 1.82) is 0 Å². The van der Waals surface area contributed by atoms with E-state index in [1.54, 1.807) is 12.3 Å². The number of hydrogen-bond donors (Lipinski definition) is 1. The first kappa shape index (κ1) is 11.2. The van der Waals surface area contributed by atoms with Crippen LogP contribution in [0.5, 0.6) is 0 Å². The molecule has 1 N–H and O–H groups in total. The Kier molecular flexibility index (Phi) is 2.76. The zero-order valence-corrected chi connectivity index (χ0v) is 9.99. The average molecular weight is 245 g/mol. The molecule has 0 aliphatic carbocycles. The Morgan fingerprint density at radius 1 is 1.39 bits per heavy atom. The first-order valence-corrected chi connectivity index (χ1v) is 6.15. The number of β-amino-alcohol motifs (C(OH)–C–C–N with tert-alkyl or cyclic N) is 1. The second-order valence-corrected chi connectivity index (χ2v) is 4.62. The molecule has 5 heteroatoms. The van der Waals surface area contributed by atoms with Crippen molar-refractivity contribution in [2.75, 3.05) is 18.0 Å². The van der Waals surface area contributed by atoms with Crippen LogP contribution in [-0.4, -0.2) is 33.7 Å². The molecule has 3 rings (SSSR count). The van der Waals surface area contributed by atoms with Crippen molar-refractivity contribution in [3.63, 3.8) is 0 Å². The standard InChI is InChI=1S/C13H15N3O2/c17-10-4-3-6-15(9-10)12-8-13(18)16-7-2-1-5-11(16)14-12/h1-2,5,7-8,10,17H,3-4,6,9H2/t10-/m0/s1. The number of aliphatic hydroxyl groups excluding tert-OH is 1. The molecule has 0 amide bonds. The number of hydrogen-bond acceptors (Lipinski definition) is 4. The van der Waals surface area contributed by atoms with Crippen LogP contribution < -0.4 is 10.5 Å². The van der Waals surface area contributed by atoms with E-state index >= 15 is 0 Å². The molecule has 2 aromatic rings. The highest BCUT2D eigenvalue weighted by atomic mass is 16.3. The minimum atomic E-state index is -0.324. The van der Waals surface area contributed by atoms with E-state index in [1.165, 1.54) is 10.5 Å². The number of aromatic nitrogens is 2. The van der Waals surface area contributed by atoms with Crippen LogP contribution in [0.4, 0.5) is 5.82 Å². The molecule has 0 spiro atoms. The number of anilines is 1. The first-order chi connectivity index (χ1) is 8.74. The molecule has 1 atom stereocenters. The second kappa shape index (κ2) is 4.42. The molecule has 1 fully saturated rings. The van der Waals surface area contributed by atoms with Crippen molar-refractivity contribution < 1.29 is 5.11 Å². The van der Waals surface area contributed by atoms with Crippen LogP contribution in [0.2, 0.25) is 0 Å². The van der Waals surface area contributed by atoms with Gasteiger partial charge < -0.3 is 10.0 Å². The van der Waals surface area contributed by atoms with Gasteiger partial charge in [-0.25, -0.2) is 4.98 Å². The first-order valence-electron chi connectivity index (χ1n) is 6.15. The van der Waals surface area contributed by atoms with Crippen molar-refractivity contribution in [1.82, 2.24) is 9.38 Å². The van der Waals surface area contributed by atoms with Gasteiger partial charge in [-0.05, 0) is 25.0 Å². The molecule has 2 aromatic heterocycles. The molecular formula is C13H15N3O2. The Hall–Kier alpha value is -1.88. The van der Waals surface area contributed by atoms with Crippen LogP contribution in [-0.2, 0) is 0 Å². The van der Waals surface area contributed by atoms with Gasteiger partial charge in [-0.15, -0.1) is 0 Å². The Morgan fingerprint density at radius 3 is 3.11 bits per heavy atom. The molecule has 1 saturated heterocycles. The maximum absolute atomic E-state index is 12.0. The monoisotopic (exact) mass is 245 g/mol. The van der Waals surface area contributed by atoms with Gasteiger partial charge in [0.05, 0.1) is 6.10 Å². The lowest BCUT2D eigenvalue weighted by Crippen LogP contribution is -2.39. The van der Waals surface area contributed by atoms with E-state index in [4.69, 9.17) is 0 Å². The van der Waals surface area contributed by atoms with Gasteiger partial charge in [0.15, 0.2) is 0 Å². The van der Waals surface area contributed by atoms with E-state index in [0.717, 1.165) is 19.4 Å². The minimum Gasteiger partial charge on any atom is -0.391 e. The number of nitrogens with zero attached hydrogens (tertiary/aromatic N) is 3. The van der Waals surface area contributed by atoms with Gasteiger partial charge in [0.2, 0.25) is 0 Å². The van der Waals surface area contributed by atoms with Crippen LogP contribution in [0.1, 0.15) is 12.8 Å². The third-order valence-corrected chi connectivity index (χ3v) is 3.28. The molecule has 0 bridgehead atoms. The second-order valence-electron chi connectivity index (χ2n) is 4.62. The summed E-state index contributed by atoms with van der Waals surface area (Å²) in [4.78, 5) is 18.4. The van der Waals surface area contributed by atoms with E-state index in [1.807, 2.05) is 17.0 Å². The summed E-state index contributed by atoms with van der Waals surface area (Å²) < 4.78 is 1.52. The van der Waals surface area contributed by atoms with Crippen LogP contribution in [0, 0.1) is 0 Å². The van der Waals surface area contributed by atoms with Crippen LogP contribution in [0.3, 0.4) is 0 Å². The summed E-state index contributed by atoms with van der Waals surface area (Å²) in [5.74, 6) is 0.657. The normalized spacial score (nSPS) is 20.3. The minimum absolute atomic E-state index is 0.0873. The average Bonchev–Trinajstić information content (AvgIpc) is 2.39. The third-order valence-electron chi connectivity index (χ3n) is 3.28. The van der Waals surface area contributed by atoms with E-state index in [2.05, 4.69) is 4.98 Å². The fourth-order valence-corrected chi connectivity index (χ4v) is 2.37. The molecule has 3 heterocycles. The predicted molar refractivity (Wildman–Crippen MR) is 68.9 cm³/mol. The lowest BCUT2D eigenvalue weighted by molar-refractivity contribution is 0.154. The van der Waals surface area contributed by atoms with Gasteiger partial charge in [0.1, 0.15) is 11.5 Å². The van der Waals surface area contributed by atoms with Gasteiger partial charge in [-0.3, -0.25) is 9.20 Å². The Balaban J connectivity index is 2.04. The highest BCUT2D eigenvalue weighted by molar-refractivity contribution is 5.48. The van der Waals surface area contributed by atoms with E-state index in [-0.39, 0.29) is 11.7 Å². The summed E-state index contributed by atoms with van der Waals surface area (Å²) in [5, 5.41) is 9.67. The summed E-state index contributed by atoms with van der Waals surface area (Å²) >= 11 is 0. The molecule has 94 valence electrons. The number of pyridine rings is 1. The topological polar surface area (TPSA) is 57.8 Å². The number of fused-ring (bicyclic) bond motifs is 1. The van der Waals surface area contributed by atoms with Crippen molar-refractivity contribution in [3.05, 3.63) is 40.8 Å². The summed E-state index contributed by atoms with van der Waals surface area (Å²) in [6.45, 7) is 1.39. The number of rotatable bonds is 1. The summed E-state index contributed by atoms with van der Waals surface area (Å²) in [6, 6.07) is 7.01. The molecule has 0 aromatic carbocycles. The van der Waals surface area contributed by atoms with Gasteiger partial charge in [-0.1, -0.05) is 6.07 Å². The van der Waals surface area contributed by atoms with E-state index in [0.29, 0.717) is 18.0 Å². The Morgan fingerprint density at radius 2 is 2.28 bits per heavy atom. The molecule has 0 saturated carbocycles. The zero-order chi connectivity index (χ0) is 12.5. The van der Waals surface area contributed by atoms with Crippen LogP contribution in [0.25, 0.3) is 5.65 Å². The van der Waals surface area contributed by atoms with Crippen LogP contribution in [0.15, 0.2) is 35.3 Å². The highest BCUT2D eigenvalue weighted by Crippen LogP contribution is 2.17. The maximum atomic E-state index is 12.0. The summed E-state index contributed by atoms with van der Waals surface area (Å²) in [7, 11) is 0. The fourth-order valence-electron chi connectivity index (χ4n) is 2.37. The molecule has 1 aliphatic rings. The number of aliphatic hydroxyl groups is 1. The smallest absolute Gasteiger partial charge is 0.259 e. The fraction of sp³-hybridized carbons (Fsp3) is 0.385. The van der Waals surface area contributed by atoms with Crippen molar-refractivity contribution >= 4 is 11.5 Å². The SMILES string of the molecule is O=c1cc(N2CCC[C@H](O)C2)nc2ccccn12. The van der Waals surface area contributed by atoms with Crippen molar-refractivity contribution in [2.45, 2.75) is 18.9 Å². The summed E-state index contributed by atoms with van der Waals surface area (Å²) in [6.07, 6.45) is 3.13. The largest absolute Gasteiger partial charge is 0.391 e. The Labute approximate surface area is 104 Å².